The number of hydrogen-bond acceptors (Lipinski definition) is 2. The third-order valence-electron chi connectivity index (χ3n) is 5.12. The molecular weight excluding hydrogens is 381 g/mol. The molecule has 0 heterocycles. The standard InChI is InChI=1S/C22H23F3N2O2/c23-22(24,25)14-26-21(29)18-8-4-5-9-19(18)27-20(28)17-12-10-16(11-13-17)15-6-2-1-3-7-15/h4-5,8-13,15H,1-3,6-7,14H2,(H,26,29)(H,27,28). The number of anilines is 1. The molecule has 2 aromatic carbocycles. The molecule has 0 bridgehead atoms. The topological polar surface area (TPSA) is 58.2 Å². The fourth-order valence-corrected chi connectivity index (χ4v) is 3.60. The molecule has 0 radical (unpaired) electrons. The van der Waals surface area contributed by atoms with Crippen molar-refractivity contribution < 1.29 is 22.8 Å². The van der Waals surface area contributed by atoms with Gasteiger partial charge in [-0.25, -0.2) is 0 Å². The smallest absolute Gasteiger partial charge is 0.343 e. The highest BCUT2D eigenvalue weighted by Crippen LogP contribution is 2.32. The van der Waals surface area contributed by atoms with Crippen LogP contribution in [0, 0.1) is 0 Å². The highest BCUT2D eigenvalue weighted by Gasteiger charge is 2.28. The first-order chi connectivity index (χ1) is 13.8. The van der Waals surface area contributed by atoms with E-state index in [-0.39, 0.29) is 11.3 Å². The first-order valence-electron chi connectivity index (χ1n) is 9.69. The number of hydrogen-bond donors (Lipinski definition) is 2. The van der Waals surface area contributed by atoms with Crippen LogP contribution in [-0.4, -0.2) is 24.5 Å². The number of carbonyl (C=O) groups excluding carboxylic acids is 2. The number of benzene rings is 2. The molecule has 2 amide bonds. The van der Waals surface area contributed by atoms with Crippen molar-refractivity contribution in [1.82, 2.24) is 5.32 Å². The lowest BCUT2D eigenvalue weighted by molar-refractivity contribution is -0.123. The Morgan fingerprint density at radius 2 is 1.55 bits per heavy atom. The Labute approximate surface area is 167 Å². The molecule has 2 N–H and O–H groups in total. The third-order valence-corrected chi connectivity index (χ3v) is 5.12. The fourth-order valence-electron chi connectivity index (χ4n) is 3.60. The highest BCUT2D eigenvalue weighted by atomic mass is 19.4. The molecule has 7 heteroatoms. The Kier molecular flexibility index (Phi) is 6.56. The summed E-state index contributed by atoms with van der Waals surface area (Å²) >= 11 is 0. The average Bonchev–Trinajstić information content (AvgIpc) is 2.72. The van der Waals surface area contributed by atoms with Crippen LogP contribution in [0.4, 0.5) is 18.9 Å². The Hall–Kier alpha value is -2.83. The van der Waals surface area contributed by atoms with Gasteiger partial charge in [-0.3, -0.25) is 9.59 Å². The Morgan fingerprint density at radius 1 is 0.897 bits per heavy atom. The van der Waals surface area contributed by atoms with Gasteiger partial charge in [0.2, 0.25) is 0 Å². The summed E-state index contributed by atoms with van der Waals surface area (Å²) in [7, 11) is 0. The van der Waals surface area contributed by atoms with Crippen molar-refractivity contribution in [2.75, 3.05) is 11.9 Å². The van der Waals surface area contributed by atoms with Crippen molar-refractivity contribution >= 4 is 17.5 Å². The third kappa shape index (κ3) is 5.82. The molecule has 3 rings (SSSR count). The Bertz CT molecular complexity index is 857. The first-order valence-corrected chi connectivity index (χ1v) is 9.69. The van der Waals surface area contributed by atoms with Gasteiger partial charge in [0.05, 0.1) is 11.3 Å². The van der Waals surface area contributed by atoms with Crippen LogP contribution >= 0.6 is 0 Å². The molecule has 0 atom stereocenters. The minimum absolute atomic E-state index is 0.0241. The van der Waals surface area contributed by atoms with Crippen LogP contribution in [-0.2, 0) is 0 Å². The van der Waals surface area contributed by atoms with E-state index in [1.54, 1.807) is 18.2 Å². The molecule has 0 saturated heterocycles. The summed E-state index contributed by atoms with van der Waals surface area (Å²) in [6, 6.07) is 13.4. The first kappa shape index (κ1) is 20.9. The lowest BCUT2D eigenvalue weighted by atomic mass is 9.84. The summed E-state index contributed by atoms with van der Waals surface area (Å²) in [6.07, 6.45) is 1.53. The summed E-state index contributed by atoms with van der Waals surface area (Å²) in [5.74, 6) is -0.791. The second-order valence-electron chi connectivity index (χ2n) is 7.25. The monoisotopic (exact) mass is 404 g/mol. The molecule has 2 aromatic rings. The van der Waals surface area contributed by atoms with E-state index in [4.69, 9.17) is 0 Å². The normalized spacial score (nSPS) is 15.0. The minimum atomic E-state index is -4.51. The Morgan fingerprint density at radius 3 is 2.21 bits per heavy atom. The fraction of sp³-hybridized carbons (Fsp3) is 0.364. The number of para-hydroxylation sites is 1. The zero-order chi connectivity index (χ0) is 20.9. The number of nitrogens with one attached hydrogen (secondary N) is 2. The van der Waals surface area contributed by atoms with Crippen molar-refractivity contribution in [2.24, 2.45) is 0 Å². The van der Waals surface area contributed by atoms with Gasteiger partial charge in [0, 0.05) is 5.56 Å². The minimum Gasteiger partial charge on any atom is -0.343 e. The maximum Gasteiger partial charge on any atom is 0.405 e. The van der Waals surface area contributed by atoms with Crippen LogP contribution in [0.15, 0.2) is 48.5 Å². The van der Waals surface area contributed by atoms with Crippen LogP contribution in [0.1, 0.15) is 64.3 Å². The number of rotatable bonds is 5. The van der Waals surface area contributed by atoms with Gasteiger partial charge in [0.15, 0.2) is 0 Å². The van der Waals surface area contributed by atoms with Gasteiger partial charge in [-0.2, -0.15) is 13.2 Å². The molecule has 0 spiro atoms. The largest absolute Gasteiger partial charge is 0.405 e. The van der Waals surface area contributed by atoms with Gasteiger partial charge in [0.25, 0.3) is 11.8 Å². The highest BCUT2D eigenvalue weighted by molar-refractivity contribution is 6.09. The summed E-state index contributed by atoms with van der Waals surface area (Å²) in [5, 5.41) is 4.44. The zero-order valence-corrected chi connectivity index (χ0v) is 15.9. The Balaban J connectivity index is 1.68. The van der Waals surface area contributed by atoms with E-state index in [9.17, 15) is 22.8 Å². The molecule has 0 unspecified atom stereocenters. The van der Waals surface area contributed by atoms with Crippen LogP contribution in [0.2, 0.25) is 0 Å². The van der Waals surface area contributed by atoms with E-state index in [1.165, 1.54) is 43.0 Å². The predicted octanol–water partition coefficient (Wildman–Crippen LogP) is 5.28. The van der Waals surface area contributed by atoms with Crippen molar-refractivity contribution in [3.05, 3.63) is 65.2 Å². The van der Waals surface area contributed by atoms with E-state index in [2.05, 4.69) is 5.32 Å². The average molecular weight is 404 g/mol. The quantitative estimate of drug-likeness (QED) is 0.712. The number of carbonyl (C=O) groups is 2. The molecule has 1 saturated carbocycles. The van der Waals surface area contributed by atoms with Crippen LogP contribution in [0.3, 0.4) is 0 Å². The predicted molar refractivity (Wildman–Crippen MR) is 105 cm³/mol. The summed E-state index contributed by atoms with van der Waals surface area (Å²) in [4.78, 5) is 24.7. The van der Waals surface area contributed by atoms with Gasteiger partial charge in [-0.15, -0.1) is 0 Å². The summed E-state index contributed by atoms with van der Waals surface area (Å²) < 4.78 is 37.0. The second-order valence-corrected chi connectivity index (χ2v) is 7.25. The maximum absolute atomic E-state index is 12.6. The molecule has 154 valence electrons. The van der Waals surface area contributed by atoms with Gasteiger partial charge in [0.1, 0.15) is 6.54 Å². The lowest BCUT2D eigenvalue weighted by Gasteiger charge is -2.22. The number of alkyl halides is 3. The van der Waals surface area contributed by atoms with Gasteiger partial charge >= 0.3 is 6.18 Å². The van der Waals surface area contributed by atoms with Crippen molar-refractivity contribution in [3.63, 3.8) is 0 Å². The number of halogens is 3. The molecule has 29 heavy (non-hydrogen) atoms. The molecule has 0 aliphatic heterocycles. The maximum atomic E-state index is 12.6. The molecule has 1 fully saturated rings. The molecular formula is C22H23F3N2O2. The molecule has 1 aliphatic rings. The van der Waals surface area contributed by atoms with E-state index in [1.807, 2.05) is 17.4 Å². The zero-order valence-electron chi connectivity index (χ0n) is 15.9. The van der Waals surface area contributed by atoms with Crippen LogP contribution in [0.25, 0.3) is 0 Å². The van der Waals surface area contributed by atoms with Gasteiger partial charge < -0.3 is 10.6 Å². The van der Waals surface area contributed by atoms with Crippen LogP contribution in [0.5, 0.6) is 0 Å². The molecule has 0 aromatic heterocycles. The number of amides is 2. The lowest BCUT2D eigenvalue weighted by Crippen LogP contribution is -2.34. The van der Waals surface area contributed by atoms with Crippen molar-refractivity contribution in [1.29, 1.82) is 0 Å². The molecule has 4 nitrogen and oxygen atoms in total. The van der Waals surface area contributed by atoms with Gasteiger partial charge in [-0.1, -0.05) is 43.5 Å². The van der Waals surface area contributed by atoms with Gasteiger partial charge in [-0.05, 0) is 48.6 Å². The van der Waals surface area contributed by atoms with E-state index >= 15 is 0 Å². The van der Waals surface area contributed by atoms with Crippen LogP contribution < -0.4 is 10.6 Å². The second kappa shape index (κ2) is 9.11. The summed E-state index contributed by atoms with van der Waals surface area (Å²) in [6.45, 7) is -1.43. The molecule has 1 aliphatic carbocycles. The van der Waals surface area contributed by atoms with E-state index in [0.29, 0.717) is 11.5 Å². The van der Waals surface area contributed by atoms with Crippen molar-refractivity contribution in [3.8, 4) is 0 Å². The van der Waals surface area contributed by atoms with Crippen molar-refractivity contribution in [2.45, 2.75) is 44.2 Å². The van der Waals surface area contributed by atoms with E-state index in [0.717, 1.165) is 12.8 Å². The SMILES string of the molecule is O=C(Nc1ccccc1C(=O)NCC(F)(F)F)c1ccc(C2CCCCC2)cc1. The summed E-state index contributed by atoms with van der Waals surface area (Å²) in [5.41, 5.74) is 1.78. The van der Waals surface area contributed by atoms with E-state index < -0.39 is 24.5 Å².